The van der Waals surface area contributed by atoms with Gasteiger partial charge in [0.25, 0.3) is 5.91 Å². The molecule has 6 nitrogen and oxygen atoms in total. The summed E-state index contributed by atoms with van der Waals surface area (Å²) in [6.07, 6.45) is 5.38. The van der Waals surface area contributed by atoms with Crippen LogP contribution in [0.1, 0.15) is 33.6 Å². The van der Waals surface area contributed by atoms with Crippen molar-refractivity contribution in [1.29, 1.82) is 0 Å². The molecular weight excluding hydrogens is 372 g/mol. The molecule has 28 heavy (non-hydrogen) atoms. The molecule has 1 fully saturated rings. The normalized spacial score (nSPS) is 18.3. The molecule has 2 amide bonds. The van der Waals surface area contributed by atoms with Crippen LogP contribution in [0.2, 0.25) is 0 Å². The fourth-order valence-electron chi connectivity index (χ4n) is 3.34. The van der Waals surface area contributed by atoms with Crippen LogP contribution in [0.5, 0.6) is 0 Å². The molecule has 7 heteroatoms. The number of thiophene rings is 1. The number of aromatic amines is 1. The Labute approximate surface area is 167 Å². The number of carbonyl (C=O) groups is 2. The fraction of sp³-hybridized carbons (Fsp3) is 0.286. The first-order valence-corrected chi connectivity index (χ1v) is 10.2. The summed E-state index contributed by atoms with van der Waals surface area (Å²) in [7, 11) is 0. The van der Waals surface area contributed by atoms with E-state index >= 15 is 0 Å². The van der Waals surface area contributed by atoms with E-state index < -0.39 is 0 Å². The Morgan fingerprint density at radius 2 is 1.89 bits per heavy atom. The predicted molar refractivity (Wildman–Crippen MR) is 109 cm³/mol. The Balaban J connectivity index is 1.37. The summed E-state index contributed by atoms with van der Waals surface area (Å²) in [5, 5.41) is 14.6. The summed E-state index contributed by atoms with van der Waals surface area (Å²) in [5.74, 6) is -0.133. The van der Waals surface area contributed by atoms with Crippen molar-refractivity contribution in [2.45, 2.75) is 38.3 Å². The molecule has 0 bridgehead atoms. The van der Waals surface area contributed by atoms with Gasteiger partial charge in [-0.1, -0.05) is 29.8 Å². The van der Waals surface area contributed by atoms with Crippen molar-refractivity contribution in [2.24, 2.45) is 0 Å². The topological polar surface area (TPSA) is 86.9 Å². The standard InChI is InChI=1S/C21H22N4O2S/c1-13-2-4-15(5-3-13)16-8-9-28-20(16)21(27)25-18-7-6-17(18)24-19(26)10-14-11-22-23-12-14/h2-5,8-9,11-12,17-18H,6-7,10H2,1H3,(H,22,23)(H,24,26)(H,25,27). The molecule has 2 heterocycles. The van der Waals surface area contributed by atoms with Crippen LogP contribution in [0.4, 0.5) is 0 Å². The van der Waals surface area contributed by atoms with Crippen LogP contribution < -0.4 is 10.6 Å². The van der Waals surface area contributed by atoms with Gasteiger partial charge in [-0.3, -0.25) is 14.7 Å². The zero-order valence-electron chi connectivity index (χ0n) is 15.6. The van der Waals surface area contributed by atoms with E-state index in [1.807, 2.05) is 42.6 Å². The Kier molecular flexibility index (Phi) is 5.25. The largest absolute Gasteiger partial charge is 0.351 e. The summed E-state index contributed by atoms with van der Waals surface area (Å²) in [6.45, 7) is 2.04. The fourth-order valence-corrected chi connectivity index (χ4v) is 4.16. The molecule has 0 radical (unpaired) electrons. The molecule has 2 aromatic heterocycles. The molecule has 1 aliphatic carbocycles. The summed E-state index contributed by atoms with van der Waals surface area (Å²) in [4.78, 5) is 25.7. The number of H-pyrrole nitrogens is 1. The third kappa shape index (κ3) is 3.99. The summed E-state index contributed by atoms with van der Waals surface area (Å²) >= 11 is 1.44. The molecule has 0 spiro atoms. The number of hydrogen-bond donors (Lipinski definition) is 3. The molecule has 2 atom stereocenters. The number of amides is 2. The molecule has 1 aliphatic rings. The quantitative estimate of drug-likeness (QED) is 0.600. The van der Waals surface area contributed by atoms with Crippen LogP contribution in [0.15, 0.2) is 48.1 Å². The second kappa shape index (κ2) is 7.98. The number of nitrogens with zero attached hydrogens (tertiary/aromatic N) is 1. The minimum atomic E-state index is -0.0793. The highest BCUT2D eigenvalue weighted by Gasteiger charge is 2.34. The van der Waals surface area contributed by atoms with E-state index in [-0.39, 0.29) is 30.3 Å². The lowest BCUT2D eigenvalue weighted by atomic mass is 9.86. The molecule has 0 saturated heterocycles. The lowest BCUT2D eigenvalue weighted by Gasteiger charge is -2.37. The van der Waals surface area contributed by atoms with E-state index in [0.717, 1.165) is 29.5 Å². The van der Waals surface area contributed by atoms with Crippen LogP contribution in [0.25, 0.3) is 11.1 Å². The zero-order chi connectivity index (χ0) is 19.5. The molecular formula is C21H22N4O2S. The van der Waals surface area contributed by atoms with Crippen LogP contribution in [0.3, 0.4) is 0 Å². The summed E-state index contributed by atoms with van der Waals surface area (Å²) in [6, 6.07) is 10.1. The number of hydrogen-bond acceptors (Lipinski definition) is 4. The van der Waals surface area contributed by atoms with Crippen molar-refractivity contribution >= 4 is 23.2 Å². The van der Waals surface area contributed by atoms with Crippen molar-refractivity contribution in [3.05, 3.63) is 64.1 Å². The van der Waals surface area contributed by atoms with E-state index in [9.17, 15) is 9.59 Å². The minimum absolute atomic E-state index is 0.0221. The van der Waals surface area contributed by atoms with Gasteiger partial charge in [-0.2, -0.15) is 5.10 Å². The van der Waals surface area contributed by atoms with Crippen LogP contribution in [-0.4, -0.2) is 34.1 Å². The van der Waals surface area contributed by atoms with Crippen molar-refractivity contribution in [3.63, 3.8) is 0 Å². The Hall–Kier alpha value is -2.93. The Morgan fingerprint density at radius 1 is 1.14 bits per heavy atom. The monoisotopic (exact) mass is 394 g/mol. The molecule has 144 valence electrons. The second-order valence-corrected chi connectivity index (χ2v) is 8.06. The lowest BCUT2D eigenvalue weighted by Crippen LogP contribution is -2.58. The maximum atomic E-state index is 12.8. The Morgan fingerprint density at radius 3 is 2.57 bits per heavy atom. The van der Waals surface area contributed by atoms with E-state index in [0.29, 0.717) is 4.88 Å². The van der Waals surface area contributed by atoms with E-state index in [1.165, 1.54) is 16.9 Å². The molecule has 1 aromatic carbocycles. The van der Waals surface area contributed by atoms with Crippen LogP contribution in [0, 0.1) is 6.92 Å². The number of benzene rings is 1. The van der Waals surface area contributed by atoms with Crippen molar-refractivity contribution < 1.29 is 9.59 Å². The average Bonchev–Trinajstić information content (AvgIpc) is 3.36. The van der Waals surface area contributed by atoms with Gasteiger partial charge in [-0.15, -0.1) is 11.3 Å². The van der Waals surface area contributed by atoms with Crippen molar-refractivity contribution in [2.75, 3.05) is 0 Å². The van der Waals surface area contributed by atoms with Crippen molar-refractivity contribution in [1.82, 2.24) is 20.8 Å². The molecule has 2 unspecified atom stereocenters. The van der Waals surface area contributed by atoms with Gasteiger partial charge in [0.2, 0.25) is 5.91 Å². The predicted octanol–water partition coefficient (Wildman–Crippen LogP) is 3.07. The van der Waals surface area contributed by atoms with E-state index in [2.05, 4.69) is 20.8 Å². The first-order valence-electron chi connectivity index (χ1n) is 9.32. The van der Waals surface area contributed by atoms with Crippen molar-refractivity contribution in [3.8, 4) is 11.1 Å². The average molecular weight is 395 g/mol. The van der Waals surface area contributed by atoms with Gasteiger partial charge in [0.1, 0.15) is 0 Å². The first kappa shape index (κ1) is 18.4. The lowest BCUT2D eigenvalue weighted by molar-refractivity contribution is -0.121. The number of aryl methyl sites for hydroxylation is 1. The number of carbonyl (C=O) groups excluding carboxylic acids is 2. The summed E-state index contributed by atoms with van der Waals surface area (Å²) in [5.41, 5.74) is 4.02. The van der Waals surface area contributed by atoms with Crippen LogP contribution in [-0.2, 0) is 11.2 Å². The highest BCUT2D eigenvalue weighted by atomic mass is 32.1. The highest BCUT2D eigenvalue weighted by Crippen LogP contribution is 2.29. The molecule has 1 saturated carbocycles. The third-order valence-electron chi connectivity index (χ3n) is 5.09. The smallest absolute Gasteiger partial charge is 0.262 e. The van der Waals surface area contributed by atoms with Gasteiger partial charge >= 0.3 is 0 Å². The number of aromatic nitrogens is 2. The minimum Gasteiger partial charge on any atom is -0.351 e. The number of nitrogens with one attached hydrogen (secondary N) is 3. The highest BCUT2D eigenvalue weighted by molar-refractivity contribution is 7.12. The maximum absolute atomic E-state index is 12.8. The summed E-state index contributed by atoms with van der Waals surface area (Å²) < 4.78 is 0. The molecule has 3 N–H and O–H groups in total. The molecule has 0 aliphatic heterocycles. The van der Waals surface area contributed by atoms with Gasteiger partial charge in [-0.05, 0) is 42.3 Å². The van der Waals surface area contributed by atoms with Crippen LogP contribution >= 0.6 is 11.3 Å². The van der Waals surface area contributed by atoms with E-state index in [1.54, 1.807) is 12.4 Å². The second-order valence-electron chi connectivity index (χ2n) is 7.14. The van der Waals surface area contributed by atoms with Gasteiger partial charge in [-0.25, -0.2) is 0 Å². The van der Waals surface area contributed by atoms with Gasteiger partial charge < -0.3 is 10.6 Å². The van der Waals surface area contributed by atoms with Gasteiger partial charge in [0.05, 0.1) is 17.5 Å². The number of rotatable bonds is 6. The molecule has 3 aromatic rings. The first-order chi connectivity index (χ1) is 13.6. The Bertz CT molecular complexity index is 963. The molecule has 4 rings (SSSR count). The zero-order valence-corrected chi connectivity index (χ0v) is 16.4. The van der Waals surface area contributed by atoms with Gasteiger partial charge in [0.15, 0.2) is 0 Å². The van der Waals surface area contributed by atoms with E-state index in [4.69, 9.17) is 0 Å². The van der Waals surface area contributed by atoms with Gasteiger partial charge in [0, 0.05) is 23.8 Å². The maximum Gasteiger partial charge on any atom is 0.262 e. The SMILES string of the molecule is Cc1ccc(-c2ccsc2C(=O)NC2CCC2NC(=O)Cc2cn[nH]c2)cc1. The third-order valence-corrected chi connectivity index (χ3v) is 6.00.